The molecule has 3 nitrogen and oxygen atoms in total. The Bertz CT molecular complexity index is 326. The third-order valence-corrected chi connectivity index (χ3v) is 2.61. The third-order valence-electron chi connectivity index (χ3n) is 2.61. The van der Waals surface area contributed by atoms with E-state index in [1.54, 1.807) is 0 Å². The predicted octanol–water partition coefficient (Wildman–Crippen LogP) is 2.70. The van der Waals surface area contributed by atoms with Crippen LogP contribution in [0.5, 0.6) is 0 Å². The van der Waals surface area contributed by atoms with Crippen molar-refractivity contribution in [3.05, 3.63) is 24.0 Å². The Morgan fingerprint density at radius 3 is 2.88 bits per heavy atom. The molecule has 3 heteroatoms. The Hall–Kier alpha value is -1.09. The summed E-state index contributed by atoms with van der Waals surface area (Å²) < 4.78 is 1.96. The normalized spacial score (nSPS) is 12.1. The largest absolute Gasteiger partial charge is 0.316 e. The fourth-order valence-corrected chi connectivity index (χ4v) is 1.55. The first-order valence-electron chi connectivity index (χ1n) is 6.18. The molecular formula is C13H23N3. The summed E-state index contributed by atoms with van der Waals surface area (Å²) in [5.74, 6) is 0. The molecule has 0 unspecified atom stereocenters. The van der Waals surface area contributed by atoms with Crippen molar-refractivity contribution in [1.29, 1.82) is 0 Å². The molecule has 0 spiro atoms. The van der Waals surface area contributed by atoms with Crippen LogP contribution in [-0.4, -0.2) is 22.9 Å². The summed E-state index contributed by atoms with van der Waals surface area (Å²) in [6.07, 6.45) is 8.61. The smallest absolute Gasteiger partial charge is 0.0564 e. The number of hydrogen-bond acceptors (Lipinski definition) is 2. The van der Waals surface area contributed by atoms with Crippen LogP contribution in [0.1, 0.15) is 39.2 Å². The fraction of sp³-hybridized carbons (Fsp3) is 0.615. The molecule has 0 aliphatic carbocycles. The molecule has 0 fully saturated rings. The van der Waals surface area contributed by atoms with E-state index in [1.165, 1.54) is 17.6 Å². The second-order valence-corrected chi connectivity index (χ2v) is 4.01. The van der Waals surface area contributed by atoms with E-state index in [0.717, 1.165) is 26.1 Å². The molecular weight excluding hydrogens is 198 g/mol. The molecule has 0 saturated heterocycles. The highest BCUT2D eigenvalue weighted by atomic mass is 15.3. The summed E-state index contributed by atoms with van der Waals surface area (Å²) in [7, 11) is 0. The van der Waals surface area contributed by atoms with Crippen LogP contribution in [-0.2, 0) is 6.54 Å². The van der Waals surface area contributed by atoms with Gasteiger partial charge >= 0.3 is 0 Å². The van der Waals surface area contributed by atoms with E-state index < -0.39 is 0 Å². The lowest BCUT2D eigenvalue weighted by Crippen LogP contribution is -2.15. The average molecular weight is 221 g/mol. The molecule has 90 valence electrons. The number of nitrogens with one attached hydrogen (secondary N) is 1. The molecule has 0 atom stereocenters. The molecule has 1 rings (SSSR count). The molecule has 1 N–H and O–H groups in total. The van der Waals surface area contributed by atoms with Gasteiger partial charge in [-0.05, 0) is 45.4 Å². The van der Waals surface area contributed by atoms with Crippen LogP contribution in [0.4, 0.5) is 0 Å². The molecule has 0 aliphatic rings. The minimum Gasteiger partial charge on any atom is -0.316 e. The van der Waals surface area contributed by atoms with Crippen LogP contribution < -0.4 is 5.32 Å². The summed E-state index contributed by atoms with van der Waals surface area (Å²) in [5.41, 5.74) is 2.55. The van der Waals surface area contributed by atoms with Crippen molar-refractivity contribution in [1.82, 2.24) is 15.1 Å². The minimum atomic E-state index is 0.936. The lowest BCUT2D eigenvalue weighted by Gasteiger charge is -2.00. The molecule has 0 bridgehead atoms. The molecule has 1 aromatic rings. The third kappa shape index (κ3) is 4.19. The van der Waals surface area contributed by atoms with Crippen LogP contribution in [0.15, 0.2) is 18.5 Å². The van der Waals surface area contributed by atoms with Gasteiger partial charge in [0, 0.05) is 18.3 Å². The van der Waals surface area contributed by atoms with Gasteiger partial charge in [-0.25, -0.2) is 0 Å². The van der Waals surface area contributed by atoms with E-state index in [4.69, 9.17) is 0 Å². The zero-order valence-corrected chi connectivity index (χ0v) is 10.7. The van der Waals surface area contributed by atoms with Gasteiger partial charge in [0.1, 0.15) is 0 Å². The highest BCUT2D eigenvalue weighted by molar-refractivity contribution is 5.62. The number of hydrogen-bond donors (Lipinski definition) is 1. The van der Waals surface area contributed by atoms with Crippen LogP contribution >= 0.6 is 0 Å². The number of aromatic nitrogens is 2. The zero-order chi connectivity index (χ0) is 11.8. The first-order chi connectivity index (χ1) is 7.77. The van der Waals surface area contributed by atoms with Gasteiger partial charge in [0.25, 0.3) is 0 Å². The number of allylic oxidation sites excluding steroid dienone is 1. The summed E-state index contributed by atoms with van der Waals surface area (Å²) >= 11 is 0. The van der Waals surface area contributed by atoms with Gasteiger partial charge in [-0.1, -0.05) is 13.0 Å². The highest BCUT2D eigenvalue weighted by Crippen LogP contribution is 2.12. The highest BCUT2D eigenvalue weighted by Gasteiger charge is 1.98. The average Bonchev–Trinajstić information content (AvgIpc) is 2.77. The van der Waals surface area contributed by atoms with Gasteiger partial charge in [0.2, 0.25) is 0 Å². The second-order valence-electron chi connectivity index (χ2n) is 4.01. The molecule has 1 heterocycles. The minimum absolute atomic E-state index is 0.936. The van der Waals surface area contributed by atoms with Crippen molar-refractivity contribution in [3.8, 4) is 0 Å². The zero-order valence-electron chi connectivity index (χ0n) is 10.7. The van der Waals surface area contributed by atoms with E-state index in [0.29, 0.717) is 0 Å². The Morgan fingerprint density at radius 1 is 1.44 bits per heavy atom. The summed E-state index contributed by atoms with van der Waals surface area (Å²) in [5, 5.41) is 7.67. The van der Waals surface area contributed by atoms with Gasteiger partial charge in [0.05, 0.1) is 6.20 Å². The van der Waals surface area contributed by atoms with Crippen LogP contribution in [0.3, 0.4) is 0 Å². The maximum atomic E-state index is 4.27. The van der Waals surface area contributed by atoms with Crippen molar-refractivity contribution in [2.24, 2.45) is 0 Å². The number of aryl methyl sites for hydroxylation is 1. The summed E-state index contributed by atoms with van der Waals surface area (Å²) in [4.78, 5) is 0. The first kappa shape index (κ1) is 13.0. The van der Waals surface area contributed by atoms with Gasteiger partial charge in [-0.2, -0.15) is 5.10 Å². The van der Waals surface area contributed by atoms with Crippen molar-refractivity contribution < 1.29 is 0 Å². The molecule has 0 aliphatic heterocycles. The SMILES string of the molecule is CCCNCCC=C(C)c1cnn(CC)c1. The number of nitrogens with zero attached hydrogens (tertiary/aromatic N) is 2. The van der Waals surface area contributed by atoms with E-state index in [-0.39, 0.29) is 0 Å². The van der Waals surface area contributed by atoms with Gasteiger partial charge in [-0.15, -0.1) is 0 Å². The van der Waals surface area contributed by atoms with E-state index in [2.05, 4.69) is 43.5 Å². The Morgan fingerprint density at radius 2 is 2.25 bits per heavy atom. The van der Waals surface area contributed by atoms with Gasteiger partial charge in [0.15, 0.2) is 0 Å². The molecule has 0 saturated carbocycles. The van der Waals surface area contributed by atoms with Crippen molar-refractivity contribution in [3.63, 3.8) is 0 Å². The van der Waals surface area contributed by atoms with Gasteiger partial charge in [-0.3, -0.25) is 4.68 Å². The van der Waals surface area contributed by atoms with Crippen LogP contribution in [0.25, 0.3) is 5.57 Å². The second kappa shape index (κ2) is 7.23. The van der Waals surface area contributed by atoms with Gasteiger partial charge < -0.3 is 5.32 Å². The molecule has 0 radical (unpaired) electrons. The summed E-state index contributed by atoms with van der Waals surface area (Å²) in [6, 6.07) is 0. The Balaban J connectivity index is 2.37. The Labute approximate surface area is 98.5 Å². The topological polar surface area (TPSA) is 29.9 Å². The molecule has 1 aromatic heterocycles. The van der Waals surface area contributed by atoms with Crippen molar-refractivity contribution in [2.45, 2.75) is 40.2 Å². The van der Waals surface area contributed by atoms with Crippen molar-refractivity contribution >= 4 is 5.57 Å². The van der Waals surface area contributed by atoms with E-state index >= 15 is 0 Å². The lowest BCUT2D eigenvalue weighted by molar-refractivity contribution is 0.659. The lowest BCUT2D eigenvalue weighted by atomic mass is 10.1. The standard InChI is InChI=1S/C13H23N3/c1-4-8-14-9-6-7-12(3)13-10-15-16(5-2)11-13/h7,10-11,14H,4-6,8-9H2,1-3H3. The van der Waals surface area contributed by atoms with E-state index in [9.17, 15) is 0 Å². The quantitative estimate of drug-likeness (QED) is 0.717. The van der Waals surface area contributed by atoms with Crippen LogP contribution in [0.2, 0.25) is 0 Å². The summed E-state index contributed by atoms with van der Waals surface area (Å²) in [6.45, 7) is 9.55. The molecule has 0 amide bonds. The van der Waals surface area contributed by atoms with Crippen molar-refractivity contribution in [2.75, 3.05) is 13.1 Å². The monoisotopic (exact) mass is 221 g/mol. The Kier molecular flexibility index (Phi) is 5.86. The fourth-order valence-electron chi connectivity index (χ4n) is 1.55. The predicted molar refractivity (Wildman–Crippen MR) is 69.3 cm³/mol. The molecule has 0 aromatic carbocycles. The van der Waals surface area contributed by atoms with E-state index in [1.807, 2.05) is 10.9 Å². The maximum absolute atomic E-state index is 4.27. The molecule has 16 heavy (non-hydrogen) atoms. The first-order valence-corrected chi connectivity index (χ1v) is 6.18. The maximum Gasteiger partial charge on any atom is 0.0564 e. The number of rotatable bonds is 7. The van der Waals surface area contributed by atoms with Crippen LogP contribution in [0, 0.1) is 0 Å².